The van der Waals surface area contributed by atoms with Gasteiger partial charge in [0.2, 0.25) is 11.1 Å². The van der Waals surface area contributed by atoms with E-state index in [9.17, 15) is 9.59 Å². The molecule has 0 saturated carbocycles. The first-order chi connectivity index (χ1) is 14.5. The number of nitrogens with one attached hydrogen (secondary N) is 1. The second kappa shape index (κ2) is 10.2. The number of tetrazole rings is 1. The summed E-state index contributed by atoms with van der Waals surface area (Å²) in [6, 6.07) is 15.0. The second-order valence-corrected chi connectivity index (χ2v) is 8.33. The molecule has 1 atom stereocenters. The number of nitrogens with zero attached hydrogens (tertiary/aromatic N) is 4. The van der Waals surface area contributed by atoms with Crippen LogP contribution in [0.5, 0.6) is 0 Å². The van der Waals surface area contributed by atoms with Crippen LogP contribution in [-0.4, -0.2) is 37.1 Å². The summed E-state index contributed by atoms with van der Waals surface area (Å²) in [5.41, 5.74) is 3.38. The quantitative estimate of drug-likeness (QED) is 0.407. The van der Waals surface area contributed by atoms with Crippen LogP contribution in [0.3, 0.4) is 0 Å². The molecule has 0 aliphatic rings. The van der Waals surface area contributed by atoms with Crippen molar-refractivity contribution in [2.75, 3.05) is 5.32 Å². The zero-order valence-corrected chi connectivity index (χ0v) is 18.1. The van der Waals surface area contributed by atoms with Crippen LogP contribution in [0.25, 0.3) is 5.69 Å². The van der Waals surface area contributed by atoms with Crippen LogP contribution in [0.2, 0.25) is 0 Å². The number of carbonyl (C=O) groups excluding carboxylic acids is 2. The van der Waals surface area contributed by atoms with Crippen LogP contribution < -0.4 is 5.32 Å². The average Bonchev–Trinajstić information content (AvgIpc) is 3.20. The third-order valence-corrected chi connectivity index (χ3v) is 5.62. The van der Waals surface area contributed by atoms with Gasteiger partial charge >= 0.3 is 0 Å². The molecule has 0 fully saturated rings. The minimum absolute atomic E-state index is 0.0289. The normalized spacial score (nSPS) is 11.8. The molecule has 156 valence electrons. The zero-order chi connectivity index (χ0) is 21.5. The molecule has 3 aromatic rings. The van der Waals surface area contributed by atoms with E-state index >= 15 is 0 Å². The number of aromatic nitrogens is 4. The van der Waals surface area contributed by atoms with Gasteiger partial charge in [-0.1, -0.05) is 37.2 Å². The van der Waals surface area contributed by atoms with Crippen molar-refractivity contribution in [1.82, 2.24) is 20.2 Å². The van der Waals surface area contributed by atoms with E-state index in [-0.39, 0.29) is 16.9 Å². The van der Waals surface area contributed by atoms with Gasteiger partial charge in [-0.2, -0.15) is 4.68 Å². The number of Topliss-reactive ketones (excluding diaryl/α,β-unsaturated/α-hetero) is 1. The van der Waals surface area contributed by atoms with Crippen molar-refractivity contribution in [3.05, 3.63) is 59.7 Å². The van der Waals surface area contributed by atoms with Gasteiger partial charge in [0, 0.05) is 18.2 Å². The van der Waals surface area contributed by atoms with Crippen LogP contribution in [0.15, 0.2) is 53.7 Å². The molecule has 0 saturated heterocycles. The summed E-state index contributed by atoms with van der Waals surface area (Å²) in [5, 5.41) is 14.8. The van der Waals surface area contributed by atoms with Crippen molar-refractivity contribution >= 4 is 29.1 Å². The number of aryl methyl sites for hydroxylation is 1. The summed E-state index contributed by atoms with van der Waals surface area (Å²) in [6.07, 6.45) is 3.38. The van der Waals surface area contributed by atoms with E-state index in [0.29, 0.717) is 16.4 Å². The highest BCUT2D eigenvalue weighted by Crippen LogP contribution is 2.26. The number of hydrogen-bond donors (Lipinski definition) is 1. The van der Waals surface area contributed by atoms with Gasteiger partial charge < -0.3 is 5.32 Å². The highest BCUT2D eigenvalue weighted by atomic mass is 32.2. The van der Waals surface area contributed by atoms with Crippen molar-refractivity contribution in [3.8, 4) is 5.69 Å². The maximum Gasteiger partial charge on any atom is 0.221 e. The van der Waals surface area contributed by atoms with E-state index in [2.05, 4.69) is 39.9 Å². The van der Waals surface area contributed by atoms with Crippen molar-refractivity contribution in [3.63, 3.8) is 0 Å². The van der Waals surface area contributed by atoms with E-state index < -0.39 is 0 Å². The summed E-state index contributed by atoms with van der Waals surface area (Å²) in [7, 11) is 0. The lowest BCUT2D eigenvalue weighted by atomic mass is 10.1. The number of thioether (sulfide) groups is 1. The van der Waals surface area contributed by atoms with Crippen LogP contribution >= 0.6 is 11.8 Å². The molecular weight excluding hydrogens is 398 g/mol. The molecule has 1 amide bonds. The lowest BCUT2D eigenvalue weighted by molar-refractivity contribution is -0.114. The molecule has 0 radical (unpaired) electrons. The molecule has 0 bridgehead atoms. The van der Waals surface area contributed by atoms with Crippen molar-refractivity contribution in [1.29, 1.82) is 0 Å². The third kappa shape index (κ3) is 5.54. The zero-order valence-electron chi connectivity index (χ0n) is 17.3. The van der Waals surface area contributed by atoms with Crippen molar-refractivity contribution in [2.24, 2.45) is 0 Å². The molecule has 2 aromatic carbocycles. The Hall–Kier alpha value is -3.00. The van der Waals surface area contributed by atoms with Gasteiger partial charge in [-0.05, 0) is 72.2 Å². The number of benzene rings is 2. The van der Waals surface area contributed by atoms with Gasteiger partial charge in [0.15, 0.2) is 5.78 Å². The molecule has 3 rings (SSSR count). The Kier molecular flexibility index (Phi) is 7.35. The molecule has 0 aliphatic carbocycles. The Morgan fingerprint density at radius 2 is 1.80 bits per heavy atom. The molecule has 8 heteroatoms. The van der Waals surface area contributed by atoms with E-state index in [0.717, 1.165) is 24.9 Å². The Morgan fingerprint density at radius 3 is 2.43 bits per heavy atom. The van der Waals surface area contributed by atoms with Crippen LogP contribution in [0, 0.1) is 0 Å². The number of hydrogen-bond acceptors (Lipinski definition) is 6. The molecule has 1 heterocycles. The largest absolute Gasteiger partial charge is 0.326 e. The number of ketones is 1. The number of rotatable bonds is 9. The molecular formula is C22H25N5O2S. The van der Waals surface area contributed by atoms with E-state index in [1.807, 2.05) is 19.1 Å². The van der Waals surface area contributed by atoms with Gasteiger partial charge in [0.05, 0.1) is 10.9 Å². The number of unbranched alkanes of at least 4 members (excludes halogenated alkanes) is 1. The van der Waals surface area contributed by atoms with Gasteiger partial charge in [-0.25, -0.2) is 0 Å². The first-order valence-corrected chi connectivity index (χ1v) is 10.8. The number of anilines is 1. The number of amides is 1. The fourth-order valence-corrected chi connectivity index (χ4v) is 3.85. The Morgan fingerprint density at radius 1 is 1.10 bits per heavy atom. The predicted molar refractivity (Wildman–Crippen MR) is 118 cm³/mol. The SMILES string of the molecule is CCCCc1ccc(-n2nnnc2SC(C)C(=O)c2ccc(NC(C)=O)cc2)cc1. The maximum atomic E-state index is 12.8. The lowest BCUT2D eigenvalue weighted by Crippen LogP contribution is -2.15. The highest BCUT2D eigenvalue weighted by Gasteiger charge is 2.20. The third-order valence-electron chi connectivity index (χ3n) is 4.58. The van der Waals surface area contributed by atoms with Gasteiger partial charge in [-0.15, -0.1) is 5.10 Å². The Labute approximate surface area is 180 Å². The topological polar surface area (TPSA) is 89.8 Å². The average molecular weight is 424 g/mol. The minimum Gasteiger partial charge on any atom is -0.326 e. The highest BCUT2D eigenvalue weighted by molar-refractivity contribution is 8.00. The first-order valence-electron chi connectivity index (χ1n) is 9.94. The molecule has 7 nitrogen and oxygen atoms in total. The van der Waals surface area contributed by atoms with Gasteiger partial charge in [0.25, 0.3) is 0 Å². The fraction of sp³-hybridized carbons (Fsp3) is 0.318. The molecule has 1 aromatic heterocycles. The predicted octanol–water partition coefficient (Wildman–Crippen LogP) is 4.33. The Bertz CT molecular complexity index is 999. The molecule has 1 N–H and O–H groups in total. The lowest BCUT2D eigenvalue weighted by Gasteiger charge is -2.11. The summed E-state index contributed by atoms with van der Waals surface area (Å²) < 4.78 is 1.65. The molecule has 0 aliphatic heterocycles. The smallest absolute Gasteiger partial charge is 0.221 e. The summed E-state index contributed by atoms with van der Waals surface area (Å²) >= 11 is 1.32. The Balaban J connectivity index is 1.69. The number of carbonyl (C=O) groups is 2. The second-order valence-electron chi connectivity index (χ2n) is 7.03. The van der Waals surface area contributed by atoms with Gasteiger partial charge in [0.1, 0.15) is 0 Å². The van der Waals surface area contributed by atoms with Crippen LogP contribution in [0.4, 0.5) is 5.69 Å². The molecule has 0 spiro atoms. The van der Waals surface area contributed by atoms with Crippen molar-refractivity contribution < 1.29 is 9.59 Å². The standard InChI is InChI=1S/C22H25N5O2S/c1-4-5-6-17-7-13-20(14-8-17)27-22(24-25-26-27)30-15(2)21(29)18-9-11-19(12-10-18)23-16(3)28/h7-15H,4-6H2,1-3H3,(H,23,28). The van der Waals surface area contributed by atoms with E-state index in [4.69, 9.17) is 0 Å². The summed E-state index contributed by atoms with van der Waals surface area (Å²) in [5.74, 6) is -0.179. The van der Waals surface area contributed by atoms with Crippen LogP contribution in [0.1, 0.15) is 49.5 Å². The summed E-state index contributed by atoms with van der Waals surface area (Å²) in [6.45, 7) is 5.46. The minimum atomic E-state index is -0.370. The van der Waals surface area contributed by atoms with Crippen molar-refractivity contribution in [2.45, 2.75) is 50.4 Å². The summed E-state index contributed by atoms with van der Waals surface area (Å²) in [4.78, 5) is 23.9. The molecule has 30 heavy (non-hydrogen) atoms. The first kappa shape index (κ1) is 21.7. The fourth-order valence-electron chi connectivity index (χ4n) is 2.97. The van der Waals surface area contributed by atoms with E-state index in [1.165, 1.54) is 24.2 Å². The van der Waals surface area contributed by atoms with Crippen LogP contribution in [-0.2, 0) is 11.2 Å². The molecule has 1 unspecified atom stereocenters. The van der Waals surface area contributed by atoms with E-state index in [1.54, 1.807) is 28.9 Å². The maximum absolute atomic E-state index is 12.8. The van der Waals surface area contributed by atoms with Gasteiger partial charge in [-0.3, -0.25) is 9.59 Å². The monoisotopic (exact) mass is 423 g/mol.